The number of nitrogens with zero attached hydrogens (tertiary/aromatic N) is 1. The van der Waals surface area contributed by atoms with Crippen molar-refractivity contribution in [1.29, 1.82) is 0 Å². The van der Waals surface area contributed by atoms with E-state index in [2.05, 4.69) is 0 Å². The predicted octanol–water partition coefficient (Wildman–Crippen LogP) is 5.76. The summed E-state index contributed by atoms with van der Waals surface area (Å²) in [6, 6.07) is 22.6. The standard InChI is InChI=1S/C33H34N2O5S/c1-3-39-32(36)19-26-11-4-7-16-31(26)40-23-28-22-35(30-15-6-5-14-29(28)30)41(37,38)33(2)17-9-13-27(20-33)25-12-8-10-24(18-25)21-34/h4-16,18,20,22H,3,17,19,21,23,34H2,1-2H3. The molecule has 0 radical (unpaired) electrons. The van der Waals surface area contributed by atoms with Crippen molar-refractivity contribution in [2.45, 2.75) is 44.6 Å². The third-order valence-corrected chi connectivity index (χ3v) is 9.67. The number of carbonyl (C=O) groups is 1. The maximum Gasteiger partial charge on any atom is 0.310 e. The Kier molecular flexibility index (Phi) is 8.15. The van der Waals surface area contributed by atoms with Crippen LogP contribution >= 0.6 is 0 Å². The second-order valence-electron chi connectivity index (χ2n) is 10.3. The Morgan fingerprint density at radius 1 is 1.02 bits per heavy atom. The maximum absolute atomic E-state index is 14.3. The van der Waals surface area contributed by atoms with Gasteiger partial charge in [0.05, 0.1) is 18.5 Å². The maximum atomic E-state index is 14.3. The fourth-order valence-electron chi connectivity index (χ4n) is 5.16. The summed E-state index contributed by atoms with van der Waals surface area (Å²) in [6.45, 7) is 4.38. The Bertz CT molecular complexity index is 1750. The number of para-hydroxylation sites is 2. The van der Waals surface area contributed by atoms with Gasteiger partial charge in [-0.3, -0.25) is 4.79 Å². The van der Waals surface area contributed by atoms with Gasteiger partial charge in [0.15, 0.2) is 0 Å². The lowest BCUT2D eigenvalue weighted by molar-refractivity contribution is -0.142. The van der Waals surface area contributed by atoms with Crippen molar-refractivity contribution in [2.75, 3.05) is 6.61 Å². The number of esters is 1. The molecule has 1 heterocycles. The Balaban J connectivity index is 1.48. The number of rotatable bonds is 10. The van der Waals surface area contributed by atoms with Crippen LogP contribution in [0.25, 0.3) is 16.5 Å². The van der Waals surface area contributed by atoms with Crippen molar-refractivity contribution < 1.29 is 22.7 Å². The Morgan fingerprint density at radius 2 is 1.80 bits per heavy atom. The van der Waals surface area contributed by atoms with Gasteiger partial charge in [0, 0.05) is 29.3 Å². The summed E-state index contributed by atoms with van der Waals surface area (Å²) in [4.78, 5) is 12.1. The Labute approximate surface area is 240 Å². The molecule has 0 aliphatic heterocycles. The number of benzene rings is 3. The van der Waals surface area contributed by atoms with Crippen molar-refractivity contribution in [3.8, 4) is 5.75 Å². The van der Waals surface area contributed by atoms with Crippen LogP contribution < -0.4 is 10.5 Å². The summed E-state index contributed by atoms with van der Waals surface area (Å²) in [6.07, 6.45) is 7.81. The molecule has 3 aromatic carbocycles. The van der Waals surface area contributed by atoms with Gasteiger partial charge in [-0.25, -0.2) is 12.4 Å². The van der Waals surface area contributed by atoms with E-state index >= 15 is 0 Å². The van der Waals surface area contributed by atoms with Crippen molar-refractivity contribution in [2.24, 2.45) is 5.73 Å². The molecular weight excluding hydrogens is 536 g/mol. The number of allylic oxidation sites excluding steroid dienone is 3. The van der Waals surface area contributed by atoms with Crippen molar-refractivity contribution in [3.05, 3.63) is 119 Å². The van der Waals surface area contributed by atoms with E-state index in [0.717, 1.165) is 27.6 Å². The van der Waals surface area contributed by atoms with E-state index in [1.54, 1.807) is 26.1 Å². The normalized spacial score (nSPS) is 16.9. The summed E-state index contributed by atoms with van der Waals surface area (Å²) < 4.78 is 40.1. The fraction of sp³-hybridized carbons (Fsp3) is 0.242. The van der Waals surface area contributed by atoms with E-state index in [1.807, 2.05) is 85.0 Å². The first-order chi connectivity index (χ1) is 19.8. The zero-order chi connectivity index (χ0) is 29.0. The molecule has 212 valence electrons. The van der Waals surface area contributed by atoms with E-state index in [0.29, 0.717) is 36.4 Å². The molecule has 0 amide bonds. The molecule has 2 N–H and O–H groups in total. The number of fused-ring (bicyclic) bond motifs is 1. The minimum atomic E-state index is -3.89. The number of nitrogens with two attached hydrogens (primary N) is 1. The lowest BCUT2D eigenvalue weighted by Gasteiger charge is -2.29. The molecule has 7 nitrogen and oxygen atoms in total. The van der Waals surface area contributed by atoms with E-state index in [4.69, 9.17) is 15.2 Å². The molecule has 0 saturated heterocycles. The van der Waals surface area contributed by atoms with Gasteiger partial charge in [-0.1, -0.05) is 72.8 Å². The van der Waals surface area contributed by atoms with Crippen LogP contribution in [-0.4, -0.2) is 29.7 Å². The monoisotopic (exact) mass is 570 g/mol. The van der Waals surface area contributed by atoms with Crippen LogP contribution in [0.1, 0.15) is 42.5 Å². The van der Waals surface area contributed by atoms with Crippen LogP contribution in [0.2, 0.25) is 0 Å². The van der Waals surface area contributed by atoms with Crippen LogP contribution in [0.3, 0.4) is 0 Å². The minimum absolute atomic E-state index is 0.0921. The van der Waals surface area contributed by atoms with Crippen LogP contribution in [0.5, 0.6) is 5.75 Å². The fourth-order valence-corrected chi connectivity index (χ4v) is 6.88. The molecule has 0 saturated carbocycles. The summed E-state index contributed by atoms with van der Waals surface area (Å²) in [5.41, 5.74) is 10.6. The Hall–Kier alpha value is -4.14. The molecule has 1 aliphatic rings. The average molecular weight is 571 g/mol. The summed E-state index contributed by atoms with van der Waals surface area (Å²) in [7, 11) is -3.89. The van der Waals surface area contributed by atoms with Gasteiger partial charge in [-0.2, -0.15) is 0 Å². The third kappa shape index (κ3) is 5.71. The molecule has 1 unspecified atom stereocenters. The van der Waals surface area contributed by atoms with Gasteiger partial charge >= 0.3 is 5.97 Å². The van der Waals surface area contributed by atoms with Gasteiger partial charge in [0.1, 0.15) is 17.1 Å². The molecule has 41 heavy (non-hydrogen) atoms. The van der Waals surface area contributed by atoms with E-state index in [-0.39, 0.29) is 19.0 Å². The SMILES string of the molecule is CCOC(=O)Cc1ccccc1OCc1cn(S(=O)(=O)C2(C)C=C(c3cccc(CN)c3)C=CC2)c2ccccc12. The van der Waals surface area contributed by atoms with Gasteiger partial charge in [-0.15, -0.1) is 0 Å². The highest BCUT2D eigenvalue weighted by molar-refractivity contribution is 7.91. The van der Waals surface area contributed by atoms with Crippen LogP contribution in [0, 0.1) is 0 Å². The molecule has 1 aliphatic carbocycles. The van der Waals surface area contributed by atoms with E-state index < -0.39 is 14.8 Å². The minimum Gasteiger partial charge on any atom is -0.489 e. The quantitative estimate of drug-likeness (QED) is 0.243. The molecule has 1 aromatic heterocycles. The van der Waals surface area contributed by atoms with Crippen molar-refractivity contribution in [3.63, 3.8) is 0 Å². The highest BCUT2D eigenvalue weighted by Crippen LogP contribution is 2.37. The summed E-state index contributed by atoms with van der Waals surface area (Å²) in [5, 5.41) is 0.786. The molecule has 0 spiro atoms. The molecule has 0 fully saturated rings. The highest BCUT2D eigenvalue weighted by atomic mass is 32.2. The molecular formula is C33H34N2O5S. The number of ether oxygens (including phenoxy) is 2. The summed E-state index contributed by atoms with van der Waals surface area (Å²) in [5.74, 6) is 0.222. The van der Waals surface area contributed by atoms with Crippen LogP contribution in [-0.2, 0) is 39.1 Å². The second kappa shape index (κ2) is 11.8. The van der Waals surface area contributed by atoms with Gasteiger partial charge in [-0.05, 0) is 55.2 Å². The van der Waals surface area contributed by atoms with E-state index in [9.17, 15) is 13.2 Å². The zero-order valence-corrected chi connectivity index (χ0v) is 24.1. The number of hydrogen-bond acceptors (Lipinski definition) is 6. The molecule has 8 heteroatoms. The van der Waals surface area contributed by atoms with Crippen molar-refractivity contribution in [1.82, 2.24) is 3.97 Å². The summed E-state index contributed by atoms with van der Waals surface area (Å²) >= 11 is 0. The molecule has 5 rings (SSSR count). The van der Waals surface area contributed by atoms with Gasteiger partial charge in [0.25, 0.3) is 0 Å². The first-order valence-corrected chi connectivity index (χ1v) is 15.1. The molecule has 0 bridgehead atoms. The van der Waals surface area contributed by atoms with Crippen LogP contribution in [0.4, 0.5) is 0 Å². The third-order valence-electron chi connectivity index (χ3n) is 7.38. The molecule has 1 atom stereocenters. The topological polar surface area (TPSA) is 101 Å². The number of carbonyl (C=O) groups excluding carboxylic acids is 1. The smallest absolute Gasteiger partial charge is 0.310 e. The van der Waals surface area contributed by atoms with Gasteiger partial charge < -0.3 is 15.2 Å². The number of hydrogen-bond donors (Lipinski definition) is 1. The van der Waals surface area contributed by atoms with Gasteiger partial charge in [0.2, 0.25) is 10.0 Å². The average Bonchev–Trinajstić information content (AvgIpc) is 3.36. The first-order valence-electron chi connectivity index (χ1n) is 13.6. The zero-order valence-electron chi connectivity index (χ0n) is 23.2. The number of aromatic nitrogens is 1. The van der Waals surface area contributed by atoms with E-state index in [1.165, 1.54) is 3.97 Å². The Morgan fingerprint density at radius 3 is 2.61 bits per heavy atom. The second-order valence-corrected chi connectivity index (χ2v) is 12.6. The van der Waals surface area contributed by atoms with Crippen LogP contribution in [0.15, 0.2) is 97.2 Å². The predicted molar refractivity (Wildman–Crippen MR) is 162 cm³/mol. The lowest BCUT2D eigenvalue weighted by Crippen LogP contribution is -2.38. The van der Waals surface area contributed by atoms with Crippen molar-refractivity contribution >= 4 is 32.5 Å². The first kappa shape index (κ1) is 28.4. The lowest BCUT2D eigenvalue weighted by atomic mass is 9.92. The highest BCUT2D eigenvalue weighted by Gasteiger charge is 2.40. The molecule has 4 aromatic rings. The largest absolute Gasteiger partial charge is 0.489 e.